The van der Waals surface area contributed by atoms with Crippen molar-refractivity contribution in [2.45, 2.75) is 33.1 Å². The largest absolute Gasteiger partial charge is 0.573 e. The first kappa shape index (κ1) is 27.1. The quantitative estimate of drug-likeness (QED) is 0.391. The molecular formula is C26H25Cl2F3N2O4. The van der Waals surface area contributed by atoms with Gasteiger partial charge in [-0.3, -0.25) is 9.59 Å². The van der Waals surface area contributed by atoms with Gasteiger partial charge in [0.2, 0.25) is 0 Å². The third-order valence-electron chi connectivity index (χ3n) is 6.96. The van der Waals surface area contributed by atoms with Crippen molar-refractivity contribution in [1.82, 2.24) is 9.47 Å². The molecule has 1 aromatic heterocycles. The number of benzene rings is 2. The van der Waals surface area contributed by atoms with Gasteiger partial charge in [-0.1, -0.05) is 30.1 Å². The molecule has 11 heteroatoms. The normalized spacial score (nSPS) is 18.3. The highest BCUT2D eigenvalue weighted by molar-refractivity contribution is 6.38. The Bertz CT molecular complexity index is 1390. The second kappa shape index (κ2) is 10.1. The van der Waals surface area contributed by atoms with E-state index in [1.807, 2.05) is 6.07 Å². The van der Waals surface area contributed by atoms with Crippen molar-refractivity contribution in [3.63, 3.8) is 0 Å². The van der Waals surface area contributed by atoms with Crippen LogP contribution in [0.25, 0.3) is 10.9 Å². The van der Waals surface area contributed by atoms with Crippen LogP contribution in [0.15, 0.2) is 30.3 Å². The molecule has 0 aliphatic carbocycles. The zero-order chi connectivity index (χ0) is 27.2. The fraction of sp³-hybridized carbons (Fsp3) is 0.385. The molecule has 0 bridgehead atoms. The number of aliphatic carboxylic acids is 1. The maximum Gasteiger partial charge on any atom is 0.573 e. The van der Waals surface area contributed by atoms with Crippen LogP contribution < -0.4 is 4.74 Å². The molecule has 6 nitrogen and oxygen atoms in total. The summed E-state index contributed by atoms with van der Waals surface area (Å²) in [5, 5.41) is 10.7. The summed E-state index contributed by atoms with van der Waals surface area (Å²) in [7, 11) is 1.72. The Morgan fingerprint density at radius 3 is 2.51 bits per heavy atom. The predicted octanol–water partition coefficient (Wildman–Crippen LogP) is 6.47. The van der Waals surface area contributed by atoms with Crippen LogP contribution >= 0.6 is 23.2 Å². The number of alkyl halides is 3. The second-order valence-electron chi connectivity index (χ2n) is 9.44. The SMILES string of the molecule is Cc1cc(OC(F)(F)F)cc2c1cc(Cc1c(Cl)ccc(C(=O)N3CCC(C(=O)O)C(C)C3)c1Cl)n2C. The molecule has 37 heavy (non-hydrogen) atoms. The van der Waals surface area contributed by atoms with E-state index in [1.54, 1.807) is 42.5 Å². The van der Waals surface area contributed by atoms with E-state index < -0.39 is 18.2 Å². The van der Waals surface area contributed by atoms with Crippen molar-refractivity contribution in [3.05, 3.63) is 62.8 Å². The standard InChI is InChI=1S/C26H25Cl2F3N2O4/c1-13-8-16(37-26(29,30)31)11-22-19(13)9-15(32(22)3)10-20-21(27)5-4-18(23(20)28)24(34)33-7-6-17(25(35)36)14(2)12-33/h4-5,8-9,11,14,17H,6-7,10,12H2,1-3H3,(H,35,36). The highest BCUT2D eigenvalue weighted by atomic mass is 35.5. The molecule has 0 spiro atoms. The summed E-state index contributed by atoms with van der Waals surface area (Å²) in [5.74, 6) is -2.19. The Morgan fingerprint density at radius 2 is 1.89 bits per heavy atom. The van der Waals surface area contributed by atoms with E-state index >= 15 is 0 Å². The molecule has 1 N–H and O–H groups in total. The number of carbonyl (C=O) groups is 2. The summed E-state index contributed by atoms with van der Waals surface area (Å²) < 4.78 is 44.1. The molecule has 1 aliphatic heterocycles. The number of halogens is 5. The number of ether oxygens (including phenoxy) is 1. The third kappa shape index (κ3) is 5.52. The number of fused-ring (bicyclic) bond motifs is 1. The zero-order valence-corrected chi connectivity index (χ0v) is 21.8. The predicted molar refractivity (Wildman–Crippen MR) is 134 cm³/mol. The summed E-state index contributed by atoms with van der Waals surface area (Å²) in [6.45, 7) is 4.11. The average molecular weight is 557 g/mol. The zero-order valence-electron chi connectivity index (χ0n) is 20.3. The van der Waals surface area contributed by atoms with Crippen LogP contribution in [0.5, 0.6) is 5.75 Å². The summed E-state index contributed by atoms with van der Waals surface area (Å²) in [6, 6.07) is 7.64. The van der Waals surface area contributed by atoms with Gasteiger partial charge in [-0.15, -0.1) is 13.2 Å². The van der Waals surface area contributed by atoms with Gasteiger partial charge in [0.15, 0.2) is 0 Å². The maximum atomic E-state index is 13.3. The van der Waals surface area contributed by atoms with E-state index in [0.29, 0.717) is 41.2 Å². The number of carboxylic acids is 1. The van der Waals surface area contributed by atoms with Gasteiger partial charge < -0.3 is 19.3 Å². The monoisotopic (exact) mass is 556 g/mol. The molecule has 3 aromatic rings. The number of amides is 1. The number of piperidine rings is 1. The van der Waals surface area contributed by atoms with Crippen molar-refractivity contribution in [3.8, 4) is 5.75 Å². The van der Waals surface area contributed by atoms with Crippen molar-refractivity contribution >= 4 is 46.0 Å². The maximum absolute atomic E-state index is 13.3. The van der Waals surface area contributed by atoms with Crippen molar-refractivity contribution < 1.29 is 32.6 Å². The summed E-state index contributed by atoms with van der Waals surface area (Å²) >= 11 is 13.2. The first-order valence-corrected chi connectivity index (χ1v) is 12.4. The minimum Gasteiger partial charge on any atom is -0.481 e. The van der Waals surface area contributed by atoms with Crippen LogP contribution in [-0.2, 0) is 18.3 Å². The van der Waals surface area contributed by atoms with Gasteiger partial charge in [-0.25, -0.2) is 0 Å². The van der Waals surface area contributed by atoms with Gasteiger partial charge in [0, 0.05) is 48.7 Å². The lowest BCUT2D eigenvalue weighted by molar-refractivity contribution is -0.274. The van der Waals surface area contributed by atoms with Crippen LogP contribution in [0.1, 0.15) is 40.5 Å². The highest BCUT2D eigenvalue weighted by Crippen LogP contribution is 2.35. The van der Waals surface area contributed by atoms with E-state index in [0.717, 1.165) is 11.1 Å². The minimum atomic E-state index is -4.80. The van der Waals surface area contributed by atoms with E-state index in [2.05, 4.69) is 4.74 Å². The van der Waals surface area contributed by atoms with E-state index in [1.165, 1.54) is 12.1 Å². The number of aryl methyl sites for hydroxylation is 2. The Kier molecular flexibility index (Phi) is 7.41. The summed E-state index contributed by atoms with van der Waals surface area (Å²) in [5.41, 5.74) is 2.66. The van der Waals surface area contributed by atoms with Gasteiger partial charge in [0.1, 0.15) is 5.75 Å². The van der Waals surface area contributed by atoms with Crippen LogP contribution in [-0.4, -0.2) is 45.9 Å². The molecular weight excluding hydrogens is 532 g/mol. The number of aromatic nitrogens is 1. The lowest BCUT2D eigenvalue weighted by Gasteiger charge is -2.35. The van der Waals surface area contributed by atoms with Crippen molar-refractivity contribution in [2.24, 2.45) is 18.9 Å². The first-order chi connectivity index (χ1) is 17.3. The Balaban J connectivity index is 1.64. The summed E-state index contributed by atoms with van der Waals surface area (Å²) in [6.07, 6.45) is -4.21. The highest BCUT2D eigenvalue weighted by Gasteiger charge is 2.34. The first-order valence-electron chi connectivity index (χ1n) is 11.6. The molecule has 1 amide bonds. The molecule has 2 aromatic carbocycles. The Morgan fingerprint density at radius 1 is 1.19 bits per heavy atom. The molecule has 198 valence electrons. The molecule has 2 heterocycles. The molecule has 2 atom stereocenters. The minimum absolute atomic E-state index is 0.189. The molecule has 1 aliphatic rings. The molecule has 0 radical (unpaired) electrons. The van der Waals surface area contributed by atoms with E-state index in [9.17, 15) is 27.9 Å². The Labute approximate surface area is 221 Å². The fourth-order valence-electron chi connectivity index (χ4n) is 4.97. The van der Waals surface area contributed by atoms with Gasteiger partial charge in [0.25, 0.3) is 5.91 Å². The molecule has 4 rings (SSSR count). The molecule has 0 saturated carbocycles. The fourth-order valence-corrected chi connectivity index (χ4v) is 5.55. The topological polar surface area (TPSA) is 71.8 Å². The smallest absolute Gasteiger partial charge is 0.481 e. The van der Waals surface area contributed by atoms with Crippen LogP contribution in [0.3, 0.4) is 0 Å². The van der Waals surface area contributed by atoms with Crippen molar-refractivity contribution in [1.29, 1.82) is 0 Å². The number of hydrogen-bond acceptors (Lipinski definition) is 3. The number of nitrogens with zero attached hydrogens (tertiary/aromatic N) is 2. The number of carboxylic acid groups (broad SMARTS) is 1. The number of rotatable bonds is 5. The van der Waals surface area contributed by atoms with Gasteiger partial charge >= 0.3 is 12.3 Å². The van der Waals surface area contributed by atoms with E-state index in [-0.39, 0.29) is 34.6 Å². The molecule has 1 fully saturated rings. The Hall–Kier alpha value is -2.91. The molecule has 2 unspecified atom stereocenters. The van der Waals surface area contributed by atoms with Gasteiger partial charge in [-0.05, 0) is 54.7 Å². The third-order valence-corrected chi connectivity index (χ3v) is 7.75. The van der Waals surface area contributed by atoms with E-state index in [4.69, 9.17) is 23.2 Å². The lowest BCUT2D eigenvalue weighted by Crippen LogP contribution is -2.45. The molecule has 1 saturated heterocycles. The number of carbonyl (C=O) groups excluding carboxylic acids is 1. The number of hydrogen-bond donors (Lipinski definition) is 1. The average Bonchev–Trinajstić information content (AvgIpc) is 3.10. The second-order valence-corrected chi connectivity index (χ2v) is 10.2. The van der Waals surface area contributed by atoms with Gasteiger partial charge in [0.05, 0.1) is 22.0 Å². The summed E-state index contributed by atoms with van der Waals surface area (Å²) in [4.78, 5) is 26.3. The lowest BCUT2D eigenvalue weighted by atomic mass is 9.86. The van der Waals surface area contributed by atoms with Gasteiger partial charge in [-0.2, -0.15) is 0 Å². The van der Waals surface area contributed by atoms with Crippen LogP contribution in [0.2, 0.25) is 10.0 Å². The van der Waals surface area contributed by atoms with Crippen LogP contribution in [0, 0.1) is 18.8 Å². The van der Waals surface area contributed by atoms with Crippen molar-refractivity contribution in [2.75, 3.05) is 13.1 Å². The number of likely N-dealkylation sites (tertiary alicyclic amines) is 1. The van der Waals surface area contributed by atoms with Crippen LogP contribution in [0.4, 0.5) is 13.2 Å².